The van der Waals surface area contributed by atoms with Crippen molar-refractivity contribution in [2.24, 2.45) is 0 Å². The van der Waals surface area contributed by atoms with Crippen LogP contribution >= 0.6 is 27.5 Å². The summed E-state index contributed by atoms with van der Waals surface area (Å²) >= 11 is 9.92. The van der Waals surface area contributed by atoms with Gasteiger partial charge in [-0.25, -0.2) is 0 Å². The number of hydrogen-bond donors (Lipinski definition) is 0. The molecular formula is C14H13BrClN. The fraction of sp³-hybridized carbons (Fsp3) is 0.214. The van der Waals surface area contributed by atoms with Crippen LogP contribution in [0.4, 0.5) is 0 Å². The van der Waals surface area contributed by atoms with Crippen LogP contribution in [-0.4, -0.2) is 4.98 Å². The molecule has 0 amide bonds. The molecule has 1 heterocycles. The number of rotatable bonds is 3. The summed E-state index contributed by atoms with van der Waals surface area (Å²) in [6, 6.07) is 10.2. The van der Waals surface area contributed by atoms with Crippen LogP contribution in [0.15, 0.2) is 47.2 Å². The Morgan fingerprint density at radius 1 is 1.24 bits per heavy atom. The van der Waals surface area contributed by atoms with E-state index >= 15 is 0 Å². The molecule has 2 aromatic rings. The van der Waals surface area contributed by atoms with Gasteiger partial charge in [-0.1, -0.05) is 22.0 Å². The third-order valence-electron chi connectivity index (χ3n) is 2.73. The fourth-order valence-corrected chi connectivity index (χ4v) is 2.72. The van der Waals surface area contributed by atoms with Crippen molar-refractivity contribution in [2.45, 2.75) is 18.7 Å². The van der Waals surface area contributed by atoms with Crippen molar-refractivity contribution in [3.05, 3.63) is 63.9 Å². The molecule has 1 atom stereocenters. The number of alkyl halides is 1. The van der Waals surface area contributed by atoms with Crippen molar-refractivity contribution in [2.75, 3.05) is 0 Å². The molecule has 2 rings (SSSR count). The van der Waals surface area contributed by atoms with Crippen LogP contribution in [-0.2, 0) is 6.42 Å². The molecule has 1 nitrogen and oxygen atoms in total. The number of pyridine rings is 1. The van der Waals surface area contributed by atoms with Crippen LogP contribution in [0.5, 0.6) is 0 Å². The minimum Gasteiger partial charge on any atom is -0.265 e. The molecule has 0 N–H and O–H groups in total. The van der Waals surface area contributed by atoms with Gasteiger partial charge in [0.05, 0.1) is 5.38 Å². The lowest BCUT2D eigenvalue weighted by molar-refractivity contribution is 0.906. The van der Waals surface area contributed by atoms with Gasteiger partial charge in [0.1, 0.15) is 0 Å². The van der Waals surface area contributed by atoms with E-state index < -0.39 is 0 Å². The Bertz CT molecular complexity index is 499. The van der Waals surface area contributed by atoms with Crippen LogP contribution in [0.3, 0.4) is 0 Å². The van der Waals surface area contributed by atoms with Gasteiger partial charge in [0.25, 0.3) is 0 Å². The first-order valence-electron chi connectivity index (χ1n) is 5.46. The smallest absolute Gasteiger partial charge is 0.0628 e. The summed E-state index contributed by atoms with van der Waals surface area (Å²) in [5, 5.41) is 0.00509. The van der Waals surface area contributed by atoms with Crippen molar-refractivity contribution in [3.63, 3.8) is 0 Å². The number of benzene rings is 1. The van der Waals surface area contributed by atoms with Crippen LogP contribution in [0.2, 0.25) is 0 Å². The fourth-order valence-electron chi connectivity index (χ4n) is 1.83. The number of aromatic nitrogens is 1. The summed E-state index contributed by atoms with van der Waals surface area (Å²) in [5.41, 5.74) is 3.61. The number of aryl methyl sites for hydroxylation is 1. The van der Waals surface area contributed by atoms with E-state index in [4.69, 9.17) is 11.6 Å². The third-order valence-corrected chi connectivity index (χ3v) is 3.62. The first-order valence-corrected chi connectivity index (χ1v) is 6.69. The van der Waals surface area contributed by atoms with Crippen LogP contribution in [0, 0.1) is 6.92 Å². The van der Waals surface area contributed by atoms with Crippen LogP contribution in [0.1, 0.15) is 22.1 Å². The predicted octanol–water partition coefficient (Wildman–Crippen LogP) is 4.68. The van der Waals surface area contributed by atoms with E-state index in [-0.39, 0.29) is 5.38 Å². The topological polar surface area (TPSA) is 12.9 Å². The second-order valence-electron chi connectivity index (χ2n) is 4.03. The normalized spacial score (nSPS) is 12.4. The quantitative estimate of drug-likeness (QED) is 0.750. The maximum atomic E-state index is 6.46. The molecule has 0 radical (unpaired) electrons. The molecule has 1 unspecified atom stereocenters. The largest absolute Gasteiger partial charge is 0.265 e. The van der Waals surface area contributed by atoms with Gasteiger partial charge < -0.3 is 0 Å². The Labute approximate surface area is 115 Å². The van der Waals surface area contributed by atoms with E-state index in [2.05, 4.69) is 40.0 Å². The van der Waals surface area contributed by atoms with Crippen LogP contribution in [0.25, 0.3) is 0 Å². The molecule has 17 heavy (non-hydrogen) atoms. The Hall–Kier alpha value is -0.860. The number of nitrogens with zero attached hydrogens (tertiary/aromatic N) is 1. The molecule has 0 saturated heterocycles. The maximum Gasteiger partial charge on any atom is 0.0628 e. The summed E-state index contributed by atoms with van der Waals surface area (Å²) < 4.78 is 1.09. The SMILES string of the molecule is Cc1cc(Br)ccc1C(Cl)Cc1ccncc1. The molecule has 0 bridgehead atoms. The highest BCUT2D eigenvalue weighted by Gasteiger charge is 2.11. The van der Waals surface area contributed by atoms with Crippen molar-refractivity contribution in [1.29, 1.82) is 0 Å². The van der Waals surface area contributed by atoms with E-state index in [0.717, 1.165) is 10.9 Å². The second kappa shape index (κ2) is 5.65. The first-order chi connectivity index (χ1) is 8.16. The van der Waals surface area contributed by atoms with Crippen molar-refractivity contribution < 1.29 is 0 Å². The molecule has 0 spiro atoms. The molecule has 1 aromatic heterocycles. The van der Waals surface area contributed by atoms with E-state index in [0.29, 0.717) is 0 Å². The molecule has 0 aliphatic heterocycles. The molecule has 0 saturated carbocycles. The Morgan fingerprint density at radius 3 is 2.59 bits per heavy atom. The molecule has 3 heteroatoms. The van der Waals surface area contributed by atoms with Crippen molar-refractivity contribution >= 4 is 27.5 Å². The Balaban J connectivity index is 2.17. The summed E-state index contributed by atoms with van der Waals surface area (Å²) in [7, 11) is 0. The minimum atomic E-state index is 0.00509. The molecular weight excluding hydrogens is 298 g/mol. The third kappa shape index (κ3) is 3.30. The van der Waals surface area contributed by atoms with Gasteiger partial charge in [-0.05, 0) is 54.3 Å². The summed E-state index contributed by atoms with van der Waals surface area (Å²) in [6.45, 7) is 2.09. The Kier molecular flexibility index (Phi) is 4.19. The zero-order valence-electron chi connectivity index (χ0n) is 9.53. The zero-order valence-corrected chi connectivity index (χ0v) is 11.9. The lowest BCUT2D eigenvalue weighted by Crippen LogP contribution is -1.98. The first kappa shape index (κ1) is 12.6. The molecule has 1 aromatic carbocycles. The summed E-state index contributed by atoms with van der Waals surface area (Å²) in [6.07, 6.45) is 4.42. The lowest BCUT2D eigenvalue weighted by Gasteiger charge is -2.13. The van der Waals surface area contributed by atoms with E-state index in [1.807, 2.05) is 18.2 Å². The molecule has 0 aliphatic rings. The Morgan fingerprint density at radius 2 is 1.94 bits per heavy atom. The number of halogens is 2. The molecule has 0 aliphatic carbocycles. The van der Waals surface area contributed by atoms with Gasteiger partial charge in [0.15, 0.2) is 0 Å². The van der Waals surface area contributed by atoms with Gasteiger partial charge in [0.2, 0.25) is 0 Å². The monoisotopic (exact) mass is 309 g/mol. The molecule has 0 fully saturated rings. The van der Waals surface area contributed by atoms with E-state index in [1.165, 1.54) is 16.7 Å². The summed E-state index contributed by atoms with van der Waals surface area (Å²) in [5.74, 6) is 0. The van der Waals surface area contributed by atoms with Crippen molar-refractivity contribution in [1.82, 2.24) is 4.98 Å². The second-order valence-corrected chi connectivity index (χ2v) is 5.47. The highest BCUT2D eigenvalue weighted by molar-refractivity contribution is 9.10. The van der Waals surface area contributed by atoms with Crippen molar-refractivity contribution in [3.8, 4) is 0 Å². The maximum absolute atomic E-state index is 6.46. The minimum absolute atomic E-state index is 0.00509. The van der Waals surface area contributed by atoms with Gasteiger partial charge in [-0.3, -0.25) is 4.98 Å². The van der Waals surface area contributed by atoms with Gasteiger partial charge in [-0.15, -0.1) is 11.6 Å². The average Bonchev–Trinajstić information content (AvgIpc) is 2.30. The predicted molar refractivity (Wildman–Crippen MR) is 75.4 cm³/mol. The van der Waals surface area contributed by atoms with E-state index in [9.17, 15) is 0 Å². The van der Waals surface area contributed by atoms with Gasteiger partial charge >= 0.3 is 0 Å². The number of hydrogen-bond acceptors (Lipinski definition) is 1. The molecule has 88 valence electrons. The van der Waals surface area contributed by atoms with Gasteiger partial charge in [-0.2, -0.15) is 0 Å². The highest BCUT2D eigenvalue weighted by atomic mass is 79.9. The summed E-state index contributed by atoms with van der Waals surface area (Å²) in [4.78, 5) is 4.01. The van der Waals surface area contributed by atoms with Crippen LogP contribution < -0.4 is 0 Å². The standard InChI is InChI=1S/C14H13BrClN/c1-10-8-12(15)2-3-13(10)14(16)9-11-4-6-17-7-5-11/h2-8,14H,9H2,1H3. The van der Waals surface area contributed by atoms with E-state index in [1.54, 1.807) is 12.4 Å². The lowest BCUT2D eigenvalue weighted by atomic mass is 10.0. The van der Waals surface area contributed by atoms with Gasteiger partial charge in [0, 0.05) is 16.9 Å². The highest BCUT2D eigenvalue weighted by Crippen LogP contribution is 2.29. The zero-order chi connectivity index (χ0) is 12.3. The average molecular weight is 311 g/mol.